The molecular formula is C15H18ClN3O2S. The molecule has 118 valence electrons. The number of nitrogens with zero attached hydrogens (tertiary/aromatic N) is 2. The number of halogens is 1. The first-order chi connectivity index (χ1) is 10.6. The Morgan fingerprint density at radius 3 is 2.95 bits per heavy atom. The predicted molar refractivity (Wildman–Crippen MR) is 87.0 cm³/mol. The van der Waals surface area contributed by atoms with Crippen LogP contribution < -0.4 is 14.8 Å². The van der Waals surface area contributed by atoms with Crippen molar-refractivity contribution in [3.63, 3.8) is 0 Å². The van der Waals surface area contributed by atoms with Gasteiger partial charge in [0.25, 0.3) is 0 Å². The fourth-order valence-corrected chi connectivity index (χ4v) is 3.34. The van der Waals surface area contributed by atoms with E-state index in [-0.39, 0.29) is 6.04 Å². The fourth-order valence-electron chi connectivity index (χ4n) is 2.38. The summed E-state index contributed by atoms with van der Waals surface area (Å²) in [5.74, 6) is 1.38. The van der Waals surface area contributed by atoms with E-state index in [0.29, 0.717) is 30.5 Å². The Labute approximate surface area is 138 Å². The number of nitrogens with one attached hydrogen (secondary N) is 1. The van der Waals surface area contributed by atoms with Crippen molar-refractivity contribution < 1.29 is 9.47 Å². The third-order valence-corrected chi connectivity index (χ3v) is 4.84. The van der Waals surface area contributed by atoms with Gasteiger partial charge in [-0.25, -0.2) is 0 Å². The second kappa shape index (κ2) is 6.81. The normalized spacial score (nSPS) is 15.4. The van der Waals surface area contributed by atoms with E-state index in [1.165, 1.54) is 11.5 Å². The average Bonchev–Trinajstić information content (AvgIpc) is 2.78. The molecule has 22 heavy (non-hydrogen) atoms. The van der Waals surface area contributed by atoms with Crippen molar-refractivity contribution in [1.82, 2.24) is 14.9 Å². The van der Waals surface area contributed by atoms with Gasteiger partial charge in [-0.15, -0.1) is 5.10 Å². The summed E-state index contributed by atoms with van der Waals surface area (Å²) in [4.78, 5) is 1.15. The van der Waals surface area contributed by atoms with Crippen LogP contribution in [0.1, 0.15) is 35.5 Å². The van der Waals surface area contributed by atoms with Crippen molar-refractivity contribution >= 4 is 23.1 Å². The van der Waals surface area contributed by atoms with Gasteiger partial charge < -0.3 is 14.8 Å². The smallest absolute Gasteiger partial charge is 0.179 e. The minimum atomic E-state index is 0.190. The zero-order valence-electron chi connectivity index (χ0n) is 12.6. The summed E-state index contributed by atoms with van der Waals surface area (Å²) in [6, 6.07) is 4.10. The lowest BCUT2D eigenvalue weighted by Crippen LogP contribution is -2.18. The molecule has 0 aliphatic carbocycles. The molecule has 1 N–H and O–H groups in total. The largest absolute Gasteiger partial charge is 0.489 e. The molecule has 1 aromatic carbocycles. The molecule has 0 bridgehead atoms. The summed E-state index contributed by atoms with van der Waals surface area (Å²) < 4.78 is 15.3. The molecule has 5 nitrogen and oxygen atoms in total. The number of hydrogen-bond donors (Lipinski definition) is 1. The number of hydrogen-bond acceptors (Lipinski definition) is 6. The molecule has 0 spiro atoms. The van der Waals surface area contributed by atoms with E-state index in [2.05, 4.69) is 21.8 Å². The molecule has 2 aromatic rings. The van der Waals surface area contributed by atoms with Gasteiger partial charge >= 0.3 is 0 Å². The first kappa shape index (κ1) is 15.5. The van der Waals surface area contributed by atoms with E-state index in [0.717, 1.165) is 28.3 Å². The van der Waals surface area contributed by atoms with Crippen LogP contribution in [-0.4, -0.2) is 22.8 Å². The van der Waals surface area contributed by atoms with Crippen LogP contribution in [0.4, 0.5) is 0 Å². The van der Waals surface area contributed by atoms with Crippen LogP contribution in [0.3, 0.4) is 0 Å². The van der Waals surface area contributed by atoms with Crippen LogP contribution in [0, 0.1) is 6.92 Å². The molecule has 1 atom stereocenters. The molecule has 0 saturated heterocycles. The highest BCUT2D eigenvalue weighted by Crippen LogP contribution is 2.38. The molecule has 7 heteroatoms. The van der Waals surface area contributed by atoms with Gasteiger partial charge in [-0.2, -0.15) is 0 Å². The predicted octanol–water partition coefficient (Wildman–Crippen LogP) is 3.51. The fraction of sp³-hybridized carbons (Fsp3) is 0.467. The first-order valence-electron chi connectivity index (χ1n) is 7.25. The number of aryl methyl sites for hydroxylation is 1. The maximum Gasteiger partial charge on any atom is 0.179 e. The lowest BCUT2D eigenvalue weighted by Gasteiger charge is -2.15. The highest BCUT2D eigenvalue weighted by molar-refractivity contribution is 7.05. The van der Waals surface area contributed by atoms with Crippen LogP contribution in [0.5, 0.6) is 11.5 Å². The summed E-state index contributed by atoms with van der Waals surface area (Å²) in [6.45, 7) is 6.06. The topological polar surface area (TPSA) is 56.3 Å². The van der Waals surface area contributed by atoms with Gasteiger partial charge in [0.15, 0.2) is 11.5 Å². The van der Waals surface area contributed by atoms with Crippen molar-refractivity contribution in [2.75, 3.05) is 13.2 Å². The van der Waals surface area contributed by atoms with Gasteiger partial charge in [-0.05, 0) is 43.1 Å². The highest BCUT2D eigenvalue weighted by atomic mass is 35.5. The monoisotopic (exact) mass is 339 g/mol. The molecule has 0 fully saturated rings. The van der Waals surface area contributed by atoms with Crippen LogP contribution in [0.15, 0.2) is 12.1 Å². The molecule has 1 aliphatic heterocycles. The molecule has 2 heterocycles. The Hall–Kier alpha value is -1.37. The Kier molecular flexibility index (Phi) is 4.81. The molecule has 1 aromatic heterocycles. The number of benzene rings is 1. The summed E-state index contributed by atoms with van der Waals surface area (Å²) in [5.41, 5.74) is 2.04. The van der Waals surface area contributed by atoms with Gasteiger partial charge in [-0.1, -0.05) is 16.1 Å². The Morgan fingerprint density at radius 2 is 2.18 bits per heavy atom. The molecule has 0 amide bonds. The minimum Gasteiger partial charge on any atom is -0.489 e. The zero-order valence-corrected chi connectivity index (χ0v) is 14.1. The van der Waals surface area contributed by atoms with E-state index in [4.69, 9.17) is 21.1 Å². The average molecular weight is 340 g/mol. The van der Waals surface area contributed by atoms with Gasteiger partial charge in [0.1, 0.15) is 0 Å². The van der Waals surface area contributed by atoms with Crippen LogP contribution in [0.25, 0.3) is 0 Å². The van der Waals surface area contributed by atoms with E-state index in [1.807, 2.05) is 19.1 Å². The summed E-state index contributed by atoms with van der Waals surface area (Å²) in [7, 11) is 0. The van der Waals surface area contributed by atoms with Gasteiger partial charge in [-0.3, -0.25) is 0 Å². The van der Waals surface area contributed by atoms with Gasteiger partial charge in [0, 0.05) is 19.0 Å². The molecule has 0 saturated carbocycles. The second-order valence-corrected chi connectivity index (χ2v) is 6.47. The minimum absolute atomic E-state index is 0.190. The molecule has 0 radical (unpaired) electrons. The lowest BCUT2D eigenvalue weighted by atomic mass is 10.1. The van der Waals surface area contributed by atoms with Crippen LogP contribution in [0.2, 0.25) is 5.02 Å². The number of fused-ring (bicyclic) bond motifs is 1. The SMILES string of the molecule is Cc1nnsc1C(C)NCc1cc(Cl)c2c(c1)OCCCO2. The van der Waals surface area contributed by atoms with Crippen molar-refractivity contribution in [2.45, 2.75) is 32.9 Å². The molecule has 3 rings (SSSR count). The molecule has 1 aliphatic rings. The van der Waals surface area contributed by atoms with E-state index in [9.17, 15) is 0 Å². The highest BCUT2D eigenvalue weighted by Gasteiger charge is 2.17. The lowest BCUT2D eigenvalue weighted by molar-refractivity contribution is 0.297. The second-order valence-electron chi connectivity index (χ2n) is 5.28. The van der Waals surface area contributed by atoms with Crippen LogP contribution in [-0.2, 0) is 6.54 Å². The van der Waals surface area contributed by atoms with Crippen LogP contribution >= 0.6 is 23.1 Å². The Bertz CT molecular complexity index is 662. The quantitative estimate of drug-likeness (QED) is 0.923. The van der Waals surface area contributed by atoms with Crippen molar-refractivity contribution in [2.24, 2.45) is 0 Å². The molecular weight excluding hydrogens is 322 g/mol. The summed E-state index contributed by atoms with van der Waals surface area (Å²) >= 11 is 7.74. The zero-order chi connectivity index (χ0) is 15.5. The van der Waals surface area contributed by atoms with Gasteiger partial charge in [0.05, 0.1) is 28.8 Å². The standard InChI is InChI=1S/C15H18ClN3O2S/c1-9(15-10(2)18-19-22-15)17-8-11-6-12(16)14-13(7-11)20-4-3-5-21-14/h6-7,9,17H,3-5,8H2,1-2H3. The maximum atomic E-state index is 6.31. The molecule has 1 unspecified atom stereocenters. The van der Waals surface area contributed by atoms with Gasteiger partial charge in [0.2, 0.25) is 0 Å². The van der Waals surface area contributed by atoms with E-state index >= 15 is 0 Å². The van der Waals surface area contributed by atoms with E-state index in [1.54, 1.807) is 0 Å². The summed E-state index contributed by atoms with van der Waals surface area (Å²) in [6.07, 6.45) is 0.868. The number of aromatic nitrogens is 2. The first-order valence-corrected chi connectivity index (χ1v) is 8.40. The third kappa shape index (κ3) is 3.34. The van der Waals surface area contributed by atoms with Crippen molar-refractivity contribution in [1.29, 1.82) is 0 Å². The Balaban J connectivity index is 1.72. The third-order valence-electron chi connectivity index (χ3n) is 3.55. The van der Waals surface area contributed by atoms with Crippen molar-refractivity contribution in [3.8, 4) is 11.5 Å². The maximum absolute atomic E-state index is 6.31. The van der Waals surface area contributed by atoms with Crippen molar-refractivity contribution in [3.05, 3.63) is 33.3 Å². The Morgan fingerprint density at radius 1 is 1.36 bits per heavy atom. The summed E-state index contributed by atoms with van der Waals surface area (Å²) in [5, 5.41) is 8.11. The van der Waals surface area contributed by atoms with E-state index < -0.39 is 0 Å². The number of ether oxygens (including phenoxy) is 2. The number of rotatable bonds is 4.